The summed E-state index contributed by atoms with van der Waals surface area (Å²) >= 11 is 0. The fourth-order valence-electron chi connectivity index (χ4n) is 2.19. The minimum absolute atomic E-state index is 0.771. The quantitative estimate of drug-likeness (QED) is 0.825. The maximum atomic E-state index is 6.04. The van der Waals surface area contributed by atoms with Gasteiger partial charge in [-0.25, -0.2) is 0 Å². The Bertz CT molecular complexity index is 564. The van der Waals surface area contributed by atoms with Crippen LogP contribution in [0.4, 0.5) is 0 Å². The third kappa shape index (κ3) is 4.57. The molecule has 0 bridgehead atoms. The van der Waals surface area contributed by atoms with E-state index in [0.29, 0.717) is 0 Å². The number of hydrogen-bond acceptors (Lipinski definition) is 3. The van der Waals surface area contributed by atoms with Crippen molar-refractivity contribution in [3.8, 4) is 11.5 Å². The third-order valence-corrected chi connectivity index (χ3v) is 3.34. The number of ether oxygens (including phenoxy) is 1. The smallest absolute Gasteiger partial charge is 0.135 e. The molecule has 2 aromatic rings. The van der Waals surface area contributed by atoms with Crippen LogP contribution >= 0.6 is 0 Å². The zero-order valence-electron chi connectivity index (χ0n) is 13.1. The molecule has 2 rings (SSSR count). The van der Waals surface area contributed by atoms with Gasteiger partial charge in [-0.3, -0.25) is 4.98 Å². The van der Waals surface area contributed by atoms with Crippen molar-refractivity contribution in [2.24, 2.45) is 0 Å². The van der Waals surface area contributed by atoms with E-state index in [1.54, 1.807) is 0 Å². The van der Waals surface area contributed by atoms with Crippen molar-refractivity contribution in [2.75, 3.05) is 6.54 Å². The Morgan fingerprint density at radius 3 is 2.57 bits per heavy atom. The summed E-state index contributed by atoms with van der Waals surface area (Å²) in [4.78, 5) is 4.35. The Labute approximate surface area is 127 Å². The van der Waals surface area contributed by atoms with Crippen LogP contribution in [0.2, 0.25) is 0 Å². The average molecular weight is 284 g/mol. The molecular weight excluding hydrogens is 260 g/mol. The highest BCUT2D eigenvalue weighted by molar-refractivity contribution is 5.38. The fourth-order valence-corrected chi connectivity index (χ4v) is 2.19. The fraction of sp³-hybridized carbons (Fsp3) is 0.389. The monoisotopic (exact) mass is 284 g/mol. The van der Waals surface area contributed by atoms with Gasteiger partial charge in [-0.15, -0.1) is 0 Å². The van der Waals surface area contributed by atoms with Crippen molar-refractivity contribution >= 4 is 0 Å². The minimum atomic E-state index is 0.771. The van der Waals surface area contributed by atoms with Crippen LogP contribution < -0.4 is 10.1 Å². The van der Waals surface area contributed by atoms with Crippen molar-refractivity contribution < 1.29 is 4.74 Å². The molecule has 0 aliphatic heterocycles. The molecule has 1 N–H and O–H groups in total. The van der Waals surface area contributed by atoms with E-state index in [9.17, 15) is 0 Å². The first-order valence-electron chi connectivity index (χ1n) is 7.66. The van der Waals surface area contributed by atoms with Crippen molar-refractivity contribution in [1.29, 1.82) is 0 Å². The van der Waals surface area contributed by atoms with Crippen LogP contribution in [0, 0.1) is 6.92 Å². The SMILES string of the molecule is CCCc1ccc(Oc2cc(C)ncc2CNCC)cc1. The molecule has 1 aromatic heterocycles. The predicted octanol–water partition coefficient (Wildman–Crippen LogP) is 4.24. The van der Waals surface area contributed by atoms with E-state index in [2.05, 4.69) is 36.3 Å². The Hall–Kier alpha value is -1.87. The lowest BCUT2D eigenvalue weighted by molar-refractivity contribution is 0.471. The van der Waals surface area contributed by atoms with E-state index in [-0.39, 0.29) is 0 Å². The third-order valence-electron chi connectivity index (χ3n) is 3.34. The molecule has 0 aliphatic rings. The zero-order chi connectivity index (χ0) is 15.1. The lowest BCUT2D eigenvalue weighted by Crippen LogP contribution is -2.12. The normalized spacial score (nSPS) is 10.6. The minimum Gasteiger partial charge on any atom is -0.457 e. The van der Waals surface area contributed by atoms with Gasteiger partial charge in [-0.05, 0) is 37.6 Å². The first kappa shape index (κ1) is 15.5. The summed E-state index contributed by atoms with van der Waals surface area (Å²) in [5.41, 5.74) is 3.40. The molecule has 21 heavy (non-hydrogen) atoms. The van der Waals surface area contributed by atoms with Gasteiger partial charge in [0.1, 0.15) is 11.5 Å². The first-order valence-corrected chi connectivity index (χ1v) is 7.66. The molecule has 112 valence electrons. The number of rotatable bonds is 7. The van der Waals surface area contributed by atoms with Gasteiger partial charge in [0.2, 0.25) is 0 Å². The van der Waals surface area contributed by atoms with Crippen LogP contribution in [0.15, 0.2) is 36.5 Å². The molecule has 0 spiro atoms. The van der Waals surface area contributed by atoms with E-state index in [1.807, 2.05) is 31.3 Å². The lowest BCUT2D eigenvalue weighted by Gasteiger charge is -2.12. The van der Waals surface area contributed by atoms with E-state index in [1.165, 1.54) is 5.56 Å². The molecule has 0 saturated heterocycles. The van der Waals surface area contributed by atoms with Gasteiger partial charge >= 0.3 is 0 Å². The molecule has 0 fully saturated rings. The van der Waals surface area contributed by atoms with E-state index >= 15 is 0 Å². The lowest BCUT2D eigenvalue weighted by atomic mass is 10.1. The van der Waals surface area contributed by atoms with E-state index in [4.69, 9.17) is 4.74 Å². The second-order valence-corrected chi connectivity index (χ2v) is 5.21. The van der Waals surface area contributed by atoms with E-state index < -0.39 is 0 Å². The summed E-state index contributed by atoms with van der Waals surface area (Å²) in [7, 11) is 0. The largest absolute Gasteiger partial charge is 0.457 e. The highest BCUT2D eigenvalue weighted by Gasteiger charge is 2.06. The van der Waals surface area contributed by atoms with Gasteiger partial charge < -0.3 is 10.1 Å². The van der Waals surface area contributed by atoms with Crippen molar-refractivity contribution in [3.05, 3.63) is 53.3 Å². The predicted molar refractivity (Wildman–Crippen MR) is 86.9 cm³/mol. The molecule has 0 radical (unpaired) electrons. The van der Waals surface area contributed by atoms with Crippen LogP contribution in [0.1, 0.15) is 37.1 Å². The number of nitrogens with zero attached hydrogens (tertiary/aromatic N) is 1. The molecule has 1 aromatic carbocycles. The number of nitrogens with one attached hydrogen (secondary N) is 1. The molecule has 1 heterocycles. The second-order valence-electron chi connectivity index (χ2n) is 5.21. The van der Waals surface area contributed by atoms with Gasteiger partial charge in [0.15, 0.2) is 0 Å². The van der Waals surface area contributed by atoms with Crippen LogP contribution in [-0.4, -0.2) is 11.5 Å². The van der Waals surface area contributed by atoms with Gasteiger partial charge in [-0.2, -0.15) is 0 Å². The molecule has 3 nitrogen and oxygen atoms in total. The number of benzene rings is 1. The average Bonchev–Trinajstić information content (AvgIpc) is 2.49. The summed E-state index contributed by atoms with van der Waals surface area (Å²) < 4.78 is 6.04. The highest BCUT2D eigenvalue weighted by Crippen LogP contribution is 2.26. The molecule has 3 heteroatoms. The molecule has 0 saturated carbocycles. The number of aryl methyl sites for hydroxylation is 2. The summed E-state index contributed by atoms with van der Waals surface area (Å²) in [6.45, 7) is 7.96. The molecule has 0 unspecified atom stereocenters. The van der Waals surface area contributed by atoms with Gasteiger partial charge in [-0.1, -0.05) is 32.4 Å². The standard InChI is InChI=1S/C18H24N2O/c1-4-6-15-7-9-17(10-8-15)21-18-11-14(3)20-13-16(18)12-19-5-2/h7-11,13,19H,4-6,12H2,1-3H3. The molecular formula is C18H24N2O. The van der Waals surface area contributed by atoms with Crippen LogP contribution in [0.5, 0.6) is 11.5 Å². The second kappa shape index (κ2) is 7.79. The highest BCUT2D eigenvalue weighted by atomic mass is 16.5. The Balaban J connectivity index is 2.15. The van der Waals surface area contributed by atoms with Crippen molar-refractivity contribution in [2.45, 2.75) is 40.2 Å². The number of hydrogen-bond donors (Lipinski definition) is 1. The Kier molecular flexibility index (Phi) is 5.76. The van der Waals surface area contributed by atoms with Crippen LogP contribution in [0.3, 0.4) is 0 Å². The van der Waals surface area contributed by atoms with E-state index in [0.717, 1.165) is 48.7 Å². The summed E-state index contributed by atoms with van der Waals surface area (Å²) in [5.74, 6) is 1.75. The summed E-state index contributed by atoms with van der Waals surface area (Å²) in [6.07, 6.45) is 4.16. The van der Waals surface area contributed by atoms with Gasteiger partial charge in [0.05, 0.1) is 0 Å². The molecule has 0 atom stereocenters. The Morgan fingerprint density at radius 1 is 1.14 bits per heavy atom. The number of pyridine rings is 1. The maximum Gasteiger partial charge on any atom is 0.135 e. The summed E-state index contributed by atoms with van der Waals surface area (Å²) in [5, 5.41) is 3.32. The van der Waals surface area contributed by atoms with Gasteiger partial charge in [0, 0.05) is 30.1 Å². The molecule has 0 amide bonds. The van der Waals surface area contributed by atoms with Crippen molar-refractivity contribution in [3.63, 3.8) is 0 Å². The summed E-state index contributed by atoms with van der Waals surface area (Å²) in [6, 6.07) is 10.3. The number of aromatic nitrogens is 1. The van der Waals surface area contributed by atoms with Gasteiger partial charge in [0.25, 0.3) is 0 Å². The zero-order valence-corrected chi connectivity index (χ0v) is 13.1. The maximum absolute atomic E-state index is 6.04. The first-order chi connectivity index (χ1) is 10.2. The van der Waals surface area contributed by atoms with Crippen LogP contribution in [-0.2, 0) is 13.0 Å². The van der Waals surface area contributed by atoms with Crippen LogP contribution in [0.25, 0.3) is 0 Å². The van der Waals surface area contributed by atoms with Crippen molar-refractivity contribution in [1.82, 2.24) is 10.3 Å². The molecule has 0 aliphatic carbocycles. The topological polar surface area (TPSA) is 34.1 Å². The Morgan fingerprint density at radius 2 is 1.90 bits per heavy atom.